The second-order valence-electron chi connectivity index (χ2n) is 6.96. The fourth-order valence-electron chi connectivity index (χ4n) is 3.21. The van der Waals surface area contributed by atoms with Gasteiger partial charge in [-0.05, 0) is 19.9 Å². The Kier molecular flexibility index (Phi) is 8.37. The SMILES string of the molecule is CCNC(=NCCC(=O)N1CCN(c2ncccn2)CC1)NCCc1csc(C)n1. The predicted octanol–water partition coefficient (Wildman–Crippen LogP) is 1.08. The highest BCUT2D eigenvalue weighted by Crippen LogP contribution is 2.10. The van der Waals surface area contributed by atoms with E-state index in [1.807, 2.05) is 18.7 Å². The number of hydrogen-bond donors (Lipinski definition) is 2. The van der Waals surface area contributed by atoms with Crippen LogP contribution in [0.3, 0.4) is 0 Å². The standard InChI is InChI=1S/C20H30N8OS/c1-3-21-19(22-9-5-17-15-30-16(2)26-17)23-10-6-18(29)27-11-13-28(14-12-27)20-24-7-4-8-25-20/h4,7-8,15H,3,5-6,9-14H2,1-2H3,(H2,21,22,23). The predicted molar refractivity (Wildman–Crippen MR) is 120 cm³/mol. The maximum Gasteiger partial charge on any atom is 0.225 e. The van der Waals surface area contributed by atoms with E-state index >= 15 is 0 Å². The summed E-state index contributed by atoms with van der Waals surface area (Å²) in [7, 11) is 0. The van der Waals surface area contributed by atoms with Crippen molar-refractivity contribution >= 4 is 29.2 Å². The van der Waals surface area contributed by atoms with Crippen molar-refractivity contribution < 1.29 is 4.79 Å². The van der Waals surface area contributed by atoms with Crippen LogP contribution < -0.4 is 15.5 Å². The van der Waals surface area contributed by atoms with Crippen LogP contribution in [0.1, 0.15) is 24.0 Å². The van der Waals surface area contributed by atoms with Gasteiger partial charge in [0.1, 0.15) is 0 Å². The summed E-state index contributed by atoms with van der Waals surface area (Å²) in [6, 6.07) is 1.81. The first-order valence-electron chi connectivity index (χ1n) is 10.4. The first kappa shape index (κ1) is 21.9. The summed E-state index contributed by atoms with van der Waals surface area (Å²) in [6.07, 6.45) is 4.74. The normalized spacial score (nSPS) is 14.7. The molecule has 3 rings (SSSR count). The Hall–Kier alpha value is -2.75. The van der Waals surface area contributed by atoms with Gasteiger partial charge in [-0.25, -0.2) is 15.0 Å². The fraction of sp³-hybridized carbons (Fsp3) is 0.550. The highest BCUT2D eigenvalue weighted by molar-refractivity contribution is 7.09. The number of aliphatic imine (C=N–C) groups is 1. The zero-order valence-electron chi connectivity index (χ0n) is 17.7. The minimum absolute atomic E-state index is 0.140. The lowest BCUT2D eigenvalue weighted by Gasteiger charge is -2.34. The molecule has 1 amide bonds. The number of anilines is 1. The summed E-state index contributed by atoms with van der Waals surface area (Å²) < 4.78 is 0. The lowest BCUT2D eigenvalue weighted by molar-refractivity contribution is -0.131. The van der Waals surface area contributed by atoms with Gasteiger partial charge in [-0.15, -0.1) is 11.3 Å². The van der Waals surface area contributed by atoms with Crippen molar-refractivity contribution in [2.45, 2.75) is 26.7 Å². The summed E-state index contributed by atoms with van der Waals surface area (Å²) in [6.45, 7) is 8.91. The number of nitrogens with one attached hydrogen (secondary N) is 2. The molecule has 0 spiro atoms. The molecule has 0 saturated carbocycles. The molecule has 2 aromatic rings. The van der Waals surface area contributed by atoms with Gasteiger partial charge in [0.2, 0.25) is 11.9 Å². The minimum Gasteiger partial charge on any atom is -0.357 e. The van der Waals surface area contributed by atoms with E-state index in [9.17, 15) is 4.79 Å². The van der Waals surface area contributed by atoms with Gasteiger partial charge in [-0.2, -0.15) is 0 Å². The van der Waals surface area contributed by atoms with Crippen LogP contribution in [0.25, 0.3) is 0 Å². The maximum absolute atomic E-state index is 12.5. The van der Waals surface area contributed by atoms with Crippen molar-refractivity contribution in [3.05, 3.63) is 34.5 Å². The van der Waals surface area contributed by atoms with E-state index in [0.29, 0.717) is 26.1 Å². The Morgan fingerprint density at radius 2 is 1.97 bits per heavy atom. The number of piperazine rings is 1. The summed E-state index contributed by atoms with van der Waals surface area (Å²) in [4.78, 5) is 34.1. The molecule has 0 radical (unpaired) electrons. The number of carbonyl (C=O) groups excluding carboxylic acids is 1. The smallest absolute Gasteiger partial charge is 0.225 e. The van der Waals surface area contributed by atoms with Crippen molar-refractivity contribution in [1.82, 2.24) is 30.5 Å². The molecule has 9 nitrogen and oxygen atoms in total. The monoisotopic (exact) mass is 430 g/mol. The van der Waals surface area contributed by atoms with Crippen LogP contribution in [-0.2, 0) is 11.2 Å². The van der Waals surface area contributed by atoms with Crippen LogP contribution in [0.4, 0.5) is 5.95 Å². The number of amides is 1. The van der Waals surface area contributed by atoms with E-state index in [2.05, 4.69) is 40.9 Å². The molecule has 0 atom stereocenters. The lowest BCUT2D eigenvalue weighted by Crippen LogP contribution is -2.49. The number of rotatable bonds is 8. The number of aryl methyl sites for hydroxylation is 1. The highest BCUT2D eigenvalue weighted by atomic mass is 32.1. The van der Waals surface area contributed by atoms with Gasteiger partial charge < -0.3 is 20.4 Å². The Labute approximate surface area is 181 Å². The van der Waals surface area contributed by atoms with E-state index in [1.54, 1.807) is 29.8 Å². The van der Waals surface area contributed by atoms with E-state index in [0.717, 1.165) is 55.2 Å². The molecule has 1 aliphatic heterocycles. The van der Waals surface area contributed by atoms with Gasteiger partial charge in [-0.3, -0.25) is 9.79 Å². The highest BCUT2D eigenvalue weighted by Gasteiger charge is 2.22. The summed E-state index contributed by atoms with van der Waals surface area (Å²) in [5, 5.41) is 9.71. The molecule has 0 aromatic carbocycles. The van der Waals surface area contributed by atoms with E-state index in [4.69, 9.17) is 0 Å². The van der Waals surface area contributed by atoms with Gasteiger partial charge in [0.25, 0.3) is 0 Å². The molecule has 0 unspecified atom stereocenters. The molecule has 0 bridgehead atoms. The third-order valence-corrected chi connectivity index (χ3v) is 5.57. The molecular formula is C20H30N8OS. The van der Waals surface area contributed by atoms with Crippen LogP contribution in [0.2, 0.25) is 0 Å². The van der Waals surface area contributed by atoms with Crippen LogP contribution in [0.5, 0.6) is 0 Å². The van der Waals surface area contributed by atoms with E-state index in [-0.39, 0.29) is 5.91 Å². The van der Waals surface area contributed by atoms with Crippen molar-refractivity contribution in [3.63, 3.8) is 0 Å². The molecule has 3 heterocycles. The fourth-order valence-corrected chi connectivity index (χ4v) is 3.85. The minimum atomic E-state index is 0.140. The first-order valence-corrected chi connectivity index (χ1v) is 11.3. The third-order valence-electron chi connectivity index (χ3n) is 4.75. The molecule has 10 heteroatoms. The Morgan fingerprint density at radius 3 is 2.63 bits per heavy atom. The topological polar surface area (TPSA) is 98.6 Å². The van der Waals surface area contributed by atoms with Crippen molar-refractivity contribution in [2.75, 3.05) is 50.7 Å². The van der Waals surface area contributed by atoms with Gasteiger partial charge in [-0.1, -0.05) is 0 Å². The molecule has 1 fully saturated rings. The number of hydrogen-bond acceptors (Lipinski definition) is 7. The third kappa shape index (κ3) is 6.65. The van der Waals surface area contributed by atoms with Crippen LogP contribution in [0, 0.1) is 6.92 Å². The van der Waals surface area contributed by atoms with Gasteiger partial charge in [0.05, 0.1) is 17.2 Å². The molecule has 1 aliphatic rings. The van der Waals surface area contributed by atoms with E-state index in [1.165, 1.54) is 0 Å². The largest absolute Gasteiger partial charge is 0.357 e. The lowest BCUT2D eigenvalue weighted by atomic mass is 10.3. The van der Waals surface area contributed by atoms with Crippen molar-refractivity contribution in [2.24, 2.45) is 4.99 Å². The van der Waals surface area contributed by atoms with Crippen LogP contribution in [0.15, 0.2) is 28.8 Å². The van der Waals surface area contributed by atoms with Gasteiger partial charge >= 0.3 is 0 Å². The molecule has 1 saturated heterocycles. The second kappa shape index (κ2) is 11.4. The Morgan fingerprint density at radius 1 is 1.20 bits per heavy atom. The summed E-state index contributed by atoms with van der Waals surface area (Å²) in [5.74, 6) is 1.60. The quantitative estimate of drug-likeness (QED) is 0.478. The number of aromatic nitrogens is 3. The Balaban J connectivity index is 1.39. The zero-order chi connectivity index (χ0) is 21.2. The number of nitrogens with zero attached hydrogens (tertiary/aromatic N) is 6. The summed E-state index contributed by atoms with van der Waals surface area (Å²) in [5.41, 5.74) is 1.09. The zero-order valence-corrected chi connectivity index (χ0v) is 18.5. The number of thiazole rings is 1. The molecular weight excluding hydrogens is 400 g/mol. The van der Waals surface area contributed by atoms with Crippen LogP contribution in [-0.4, -0.2) is 77.5 Å². The molecule has 0 aliphatic carbocycles. The maximum atomic E-state index is 12.5. The van der Waals surface area contributed by atoms with E-state index < -0.39 is 0 Å². The number of carbonyl (C=O) groups is 1. The van der Waals surface area contributed by atoms with Crippen molar-refractivity contribution in [1.29, 1.82) is 0 Å². The van der Waals surface area contributed by atoms with Gasteiger partial charge in [0.15, 0.2) is 5.96 Å². The van der Waals surface area contributed by atoms with Crippen molar-refractivity contribution in [3.8, 4) is 0 Å². The molecule has 2 aromatic heterocycles. The average Bonchev–Trinajstić information content (AvgIpc) is 3.19. The van der Waals surface area contributed by atoms with Gasteiger partial charge in [0, 0.05) is 69.9 Å². The number of guanidine groups is 1. The average molecular weight is 431 g/mol. The van der Waals surface area contributed by atoms with Crippen LogP contribution >= 0.6 is 11.3 Å². The second-order valence-corrected chi connectivity index (χ2v) is 8.02. The molecule has 162 valence electrons. The summed E-state index contributed by atoms with van der Waals surface area (Å²) >= 11 is 1.67. The molecule has 30 heavy (non-hydrogen) atoms. The Bertz CT molecular complexity index is 817. The molecule has 2 N–H and O–H groups in total. The first-order chi connectivity index (χ1) is 14.7.